The minimum absolute atomic E-state index is 0.0952. The molecule has 1 saturated heterocycles. The van der Waals surface area contributed by atoms with Crippen LogP contribution in [0.25, 0.3) is 11.5 Å². The Bertz CT molecular complexity index is 1390. The van der Waals surface area contributed by atoms with Crippen LogP contribution in [0.15, 0.2) is 93.2 Å². The molecule has 0 aliphatic carbocycles. The highest BCUT2D eigenvalue weighted by atomic mass is 32.2. The number of hydrogen-bond acceptors (Lipinski definition) is 5. The number of hydrogen-bond donors (Lipinski definition) is 0. The monoisotopic (exact) mass is 490 g/mol. The number of halogens is 1. The van der Waals surface area contributed by atoms with Crippen LogP contribution in [0.4, 0.5) is 10.3 Å². The molecule has 0 atom stereocenters. The second-order valence-corrected chi connectivity index (χ2v) is 10.9. The number of anilines is 1. The van der Waals surface area contributed by atoms with E-state index in [0.717, 1.165) is 24.8 Å². The van der Waals surface area contributed by atoms with Gasteiger partial charge in [0.25, 0.3) is 0 Å². The summed E-state index contributed by atoms with van der Waals surface area (Å²) in [4.78, 5) is 6.57. The van der Waals surface area contributed by atoms with E-state index in [9.17, 15) is 12.8 Å². The molecule has 1 aliphatic rings. The Morgan fingerprint density at radius 3 is 2.26 bits per heavy atom. The quantitative estimate of drug-likeness (QED) is 0.328. The van der Waals surface area contributed by atoms with Crippen LogP contribution in [-0.2, 0) is 16.3 Å². The Morgan fingerprint density at radius 2 is 1.60 bits per heavy atom. The normalized spacial score (nSPS) is 14.9. The molecule has 0 N–H and O–H groups in total. The molecule has 0 radical (unpaired) electrons. The Kier molecular flexibility index (Phi) is 6.43. The van der Waals surface area contributed by atoms with Crippen LogP contribution in [0.2, 0.25) is 0 Å². The SMILES string of the molecule is Cc1ccc(S(=O)(=O)c2nc(-c3ccc(F)cc3)oc2N2CCC(Cc3ccccc3)CC2)cc1. The van der Waals surface area contributed by atoms with Crippen molar-refractivity contribution in [3.8, 4) is 11.5 Å². The van der Waals surface area contributed by atoms with Crippen LogP contribution in [0.3, 0.4) is 0 Å². The molecule has 0 bridgehead atoms. The molecule has 0 amide bonds. The number of rotatable bonds is 6. The lowest BCUT2D eigenvalue weighted by Crippen LogP contribution is -2.34. The molecule has 0 unspecified atom stereocenters. The summed E-state index contributed by atoms with van der Waals surface area (Å²) in [5.41, 5.74) is 2.81. The summed E-state index contributed by atoms with van der Waals surface area (Å²) in [6.07, 6.45) is 2.84. The third kappa shape index (κ3) is 5.00. The molecule has 5 nitrogen and oxygen atoms in total. The van der Waals surface area contributed by atoms with Gasteiger partial charge in [-0.15, -0.1) is 0 Å². The zero-order chi connectivity index (χ0) is 24.4. The van der Waals surface area contributed by atoms with Gasteiger partial charge in [-0.3, -0.25) is 0 Å². The van der Waals surface area contributed by atoms with E-state index in [1.807, 2.05) is 17.9 Å². The van der Waals surface area contributed by atoms with Crippen molar-refractivity contribution in [2.75, 3.05) is 18.0 Å². The molecule has 1 aromatic heterocycles. The number of benzene rings is 3. The smallest absolute Gasteiger partial charge is 0.236 e. The van der Waals surface area contributed by atoms with Crippen LogP contribution in [-0.4, -0.2) is 26.5 Å². The van der Waals surface area contributed by atoms with Crippen LogP contribution >= 0.6 is 0 Å². The van der Waals surface area contributed by atoms with Crippen molar-refractivity contribution in [2.24, 2.45) is 5.92 Å². The summed E-state index contributed by atoms with van der Waals surface area (Å²) in [7, 11) is -3.91. The maximum Gasteiger partial charge on any atom is 0.236 e. The van der Waals surface area contributed by atoms with E-state index in [-0.39, 0.29) is 27.5 Å². The maximum absolute atomic E-state index is 13.6. The number of piperidine rings is 1. The van der Waals surface area contributed by atoms with Crippen LogP contribution in [0, 0.1) is 18.7 Å². The predicted octanol–water partition coefficient (Wildman–Crippen LogP) is 6.08. The number of aryl methyl sites for hydroxylation is 1. The van der Waals surface area contributed by atoms with Gasteiger partial charge >= 0.3 is 0 Å². The Labute approximate surface area is 205 Å². The standard InChI is InChI=1S/C28H27FN2O3S/c1-20-7-13-25(14-8-20)35(32,33)27-28(34-26(30-27)23-9-11-24(29)12-10-23)31-17-15-22(16-18-31)19-21-5-3-2-4-6-21/h2-14,22H,15-19H2,1H3. The summed E-state index contributed by atoms with van der Waals surface area (Å²) < 4.78 is 46.7. The van der Waals surface area contributed by atoms with E-state index in [1.165, 1.54) is 17.7 Å². The topological polar surface area (TPSA) is 63.4 Å². The van der Waals surface area contributed by atoms with Crippen molar-refractivity contribution in [1.82, 2.24) is 4.98 Å². The second-order valence-electron chi connectivity index (χ2n) is 9.07. The first kappa shape index (κ1) is 23.3. The van der Waals surface area contributed by atoms with Gasteiger partial charge in [-0.25, -0.2) is 12.8 Å². The van der Waals surface area contributed by atoms with Gasteiger partial charge in [0.1, 0.15) is 5.82 Å². The molecular weight excluding hydrogens is 463 g/mol. The summed E-state index contributed by atoms with van der Waals surface area (Å²) in [5.74, 6) is 0.555. The number of nitrogens with zero attached hydrogens (tertiary/aromatic N) is 2. The lowest BCUT2D eigenvalue weighted by Gasteiger charge is -2.32. The summed E-state index contributed by atoms with van der Waals surface area (Å²) >= 11 is 0. The molecule has 3 aromatic carbocycles. The van der Waals surface area contributed by atoms with Gasteiger partial charge in [0.05, 0.1) is 4.90 Å². The average molecular weight is 491 g/mol. The van der Waals surface area contributed by atoms with Crippen molar-refractivity contribution in [3.63, 3.8) is 0 Å². The highest BCUT2D eigenvalue weighted by Crippen LogP contribution is 2.37. The van der Waals surface area contributed by atoms with E-state index < -0.39 is 9.84 Å². The first-order valence-electron chi connectivity index (χ1n) is 11.8. The zero-order valence-electron chi connectivity index (χ0n) is 19.5. The molecule has 7 heteroatoms. The third-order valence-electron chi connectivity index (χ3n) is 6.53. The largest absolute Gasteiger partial charge is 0.419 e. The molecule has 1 fully saturated rings. The Morgan fingerprint density at radius 1 is 0.943 bits per heavy atom. The molecule has 4 aromatic rings. The van der Waals surface area contributed by atoms with E-state index in [2.05, 4.69) is 29.2 Å². The highest BCUT2D eigenvalue weighted by Gasteiger charge is 2.33. The van der Waals surface area contributed by atoms with Gasteiger partial charge in [-0.05, 0) is 74.1 Å². The van der Waals surface area contributed by atoms with Crippen molar-refractivity contribution in [1.29, 1.82) is 0 Å². The number of oxazole rings is 1. The summed E-state index contributed by atoms with van der Waals surface area (Å²) in [6, 6.07) is 22.8. The Balaban J connectivity index is 1.46. The fraction of sp³-hybridized carbons (Fsp3) is 0.250. The van der Waals surface area contributed by atoms with E-state index in [0.29, 0.717) is 24.6 Å². The molecular formula is C28H27FN2O3S. The molecule has 1 aliphatic heterocycles. The van der Waals surface area contributed by atoms with E-state index in [1.54, 1.807) is 36.4 Å². The number of aromatic nitrogens is 1. The van der Waals surface area contributed by atoms with Crippen molar-refractivity contribution in [2.45, 2.75) is 36.1 Å². The minimum Gasteiger partial charge on any atom is -0.419 e. The predicted molar refractivity (Wildman–Crippen MR) is 134 cm³/mol. The van der Waals surface area contributed by atoms with Crippen LogP contribution in [0.5, 0.6) is 0 Å². The highest BCUT2D eigenvalue weighted by molar-refractivity contribution is 7.91. The van der Waals surface area contributed by atoms with E-state index >= 15 is 0 Å². The lowest BCUT2D eigenvalue weighted by molar-refractivity contribution is 0.387. The lowest BCUT2D eigenvalue weighted by atomic mass is 9.90. The third-order valence-corrected chi connectivity index (χ3v) is 8.19. The average Bonchev–Trinajstić information content (AvgIpc) is 3.32. The molecule has 2 heterocycles. The van der Waals surface area contributed by atoms with Gasteiger partial charge in [0, 0.05) is 18.7 Å². The second kappa shape index (κ2) is 9.66. The molecule has 35 heavy (non-hydrogen) atoms. The summed E-state index contributed by atoms with van der Waals surface area (Å²) in [6.45, 7) is 3.25. The number of sulfone groups is 1. The van der Waals surface area contributed by atoms with Gasteiger partial charge in [0.2, 0.25) is 26.6 Å². The van der Waals surface area contributed by atoms with Gasteiger partial charge in [-0.2, -0.15) is 4.98 Å². The van der Waals surface area contributed by atoms with Gasteiger partial charge in [-0.1, -0.05) is 48.0 Å². The van der Waals surface area contributed by atoms with Gasteiger partial charge < -0.3 is 9.32 Å². The fourth-order valence-electron chi connectivity index (χ4n) is 4.51. The minimum atomic E-state index is -3.91. The zero-order valence-corrected chi connectivity index (χ0v) is 20.3. The molecule has 0 spiro atoms. The van der Waals surface area contributed by atoms with Crippen molar-refractivity contribution < 1.29 is 17.2 Å². The van der Waals surface area contributed by atoms with Crippen LogP contribution in [0.1, 0.15) is 24.0 Å². The maximum atomic E-state index is 13.6. The molecule has 180 valence electrons. The first-order valence-corrected chi connectivity index (χ1v) is 13.3. The molecule has 0 saturated carbocycles. The molecule has 5 rings (SSSR count). The Hall–Kier alpha value is -3.45. The fourth-order valence-corrected chi connectivity index (χ4v) is 5.83. The van der Waals surface area contributed by atoms with Crippen LogP contribution < -0.4 is 4.90 Å². The van der Waals surface area contributed by atoms with Crippen molar-refractivity contribution >= 4 is 15.7 Å². The van der Waals surface area contributed by atoms with E-state index in [4.69, 9.17) is 4.42 Å². The summed E-state index contributed by atoms with van der Waals surface area (Å²) in [5, 5.41) is -0.0952. The van der Waals surface area contributed by atoms with Gasteiger partial charge in [0.15, 0.2) is 0 Å². The van der Waals surface area contributed by atoms with Crippen molar-refractivity contribution in [3.05, 3.63) is 95.8 Å². The first-order chi connectivity index (χ1) is 16.9.